The van der Waals surface area contributed by atoms with E-state index in [4.69, 9.17) is 25.6 Å². The van der Waals surface area contributed by atoms with Gasteiger partial charge in [0.1, 0.15) is 13.2 Å². The van der Waals surface area contributed by atoms with E-state index in [1.165, 1.54) is 12.2 Å². The van der Waals surface area contributed by atoms with Crippen LogP contribution < -0.4 is 5.32 Å². The summed E-state index contributed by atoms with van der Waals surface area (Å²) in [6.45, 7) is 0.818. The molecule has 0 heterocycles. The van der Waals surface area contributed by atoms with Gasteiger partial charge in [0.25, 0.3) is 5.91 Å². The van der Waals surface area contributed by atoms with Crippen LogP contribution in [0.25, 0.3) is 0 Å². The number of aliphatic hydroxyl groups is 2. The summed E-state index contributed by atoms with van der Waals surface area (Å²) in [6.07, 6.45) is 2.68. The number of rotatable bonds is 12. The minimum Gasteiger partial charge on any atom is -0.456 e. The molecule has 246 valence electrons. The second-order valence-electron chi connectivity index (χ2n) is 12.2. The number of amides is 1. The van der Waals surface area contributed by atoms with Crippen molar-refractivity contribution in [2.24, 2.45) is 28.6 Å². The van der Waals surface area contributed by atoms with Gasteiger partial charge in [-0.15, -0.1) is 0 Å². The maximum atomic E-state index is 17.2. The number of allylic oxidation sites excluding steroid dienone is 4. The highest BCUT2D eigenvalue weighted by molar-refractivity contribution is 6.01. The lowest BCUT2D eigenvalue weighted by Crippen LogP contribution is -2.66. The molecule has 0 aromatic carbocycles. The summed E-state index contributed by atoms with van der Waals surface area (Å²) in [5, 5.41) is 56.2. The van der Waals surface area contributed by atoms with Crippen LogP contribution in [0.2, 0.25) is 0 Å². The van der Waals surface area contributed by atoms with Gasteiger partial charge in [-0.1, -0.05) is 18.6 Å². The molecule has 3 fully saturated rings. The highest BCUT2D eigenvalue weighted by Gasteiger charge is 2.70. The van der Waals surface area contributed by atoms with Gasteiger partial charge in [-0.05, 0) is 62.5 Å². The van der Waals surface area contributed by atoms with Crippen LogP contribution >= 0.6 is 0 Å². The number of fused-ring (bicyclic) bond motifs is 5. The molecule has 16 nitrogen and oxygen atoms in total. The van der Waals surface area contributed by atoms with Crippen molar-refractivity contribution in [3.63, 3.8) is 0 Å². The number of nitrogens with zero attached hydrogens (tertiary/aromatic N) is 2. The van der Waals surface area contributed by atoms with E-state index in [0.29, 0.717) is 31.3 Å². The van der Waals surface area contributed by atoms with Crippen molar-refractivity contribution in [3.8, 4) is 0 Å². The first kappa shape index (κ1) is 34.2. The summed E-state index contributed by atoms with van der Waals surface area (Å²) in [7, 11) is 0. The quantitative estimate of drug-likeness (QED) is 0.110. The van der Waals surface area contributed by atoms with Crippen LogP contribution in [0.3, 0.4) is 0 Å². The lowest BCUT2D eigenvalue weighted by molar-refractivity contribution is -0.522. The molecule has 4 aliphatic rings. The molecule has 0 aromatic heterocycles. The molecule has 44 heavy (non-hydrogen) atoms. The summed E-state index contributed by atoms with van der Waals surface area (Å²) in [4.78, 5) is 58.9. The number of carbonyl (C=O) groups excluding carboxylic acids is 4. The Balaban J connectivity index is 1.41. The summed E-state index contributed by atoms with van der Waals surface area (Å²) in [5.74, 6) is -4.70. The van der Waals surface area contributed by atoms with E-state index in [2.05, 4.69) is 9.68 Å². The first-order valence-corrected chi connectivity index (χ1v) is 14.2. The Hall–Kier alpha value is -2.71. The van der Waals surface area contributed by atoms with Crippen LogP contribution in [0.1, 0.15) is 46.0 Å². The Morgan fingerprint density at radius 2 is 1.82 bits per heavy atom. The zero-order valence-electron chi connectivity index (χ0n) is 24.2. The average molecular weight is 632 g/mol. The number of Topliss-reactive ketones (excluding diaryl/α,β-unsaturated/α-hetero) is 1. The maximum Gasteiger partial charge on any atom is 0.331 e. The van der Waals surface area contributed by atoms with Crippen molar-refractivity contribution in [2.45, 2.75) is 69.9 Å². The number of aliphatic hydroxyl groups excluding tert-OH is 2. The fourth-order valence-electron chi connectivity index (χ4n) is 7.93. The van der Waals surface area contributed by atoms with Crippen LogP contribution in [-0.2, 0) is 33.6 Å². The van der Waals surface area contributed by atoms with Crippen molar-refractivity contribution in [2.75, 3.05) is 19.8 Å². The van der Waals surface area contributed by atoms with Gasteiger partial charge in [-0.25, -0.2) is 18.9 Å². The molecular formula is C27H38FN3O13. The molecule has 0 spiro atoms. The van der Waals surface area contributed by atoms with Gasteiger partial charge in [-0.3, -0.25) is 35.2 Å². The predicted octanol–water partition coefficient (Wildman–Crippen LogP) is -0.0446. The zero-order valence-corrected chi connectivity index (χ0v) is 24.2. The van der Waals surface area contributed by atoms with Crippen molar-refractivity contribution in [1.29, 1.82) is 0 Å². The summed E-state index contributed by atoms with van der Waals surface area (Å²) in [5.41, 5.74) is -3.37. The predicted molar refractivity (Wildman–Crippen MR) is 138 cm³/mol. The number of ether oxygens (including phenoxy) is 1. The highest BCUT2D eigenvalue weighted by Crippen LogP contribution is 2.68. The minimum atomic E-state index is -2.04. The fourth-order valence-corrected chi connectivity index (χ4v) is 7.93. The smallest absolute Gasteiger partial charge is 0.331 e. The maximum absolute atomic E-state index is 17.2. The van der Waals surface area contributed by atoms with Gasteiger partial charge < -0.3 is 20.3 Å². The summed E-state index contributed by atoms with van der Waals surface area (Å²) < 4.78 is 22.2. The van der Waals surface area contributed by atoms with Crippen LogP contribution in [-0.4, -0.2) is 109 Å². The molecule has 4 rings (SSSR count). The topological polar surface area (TPSA) is 236 Å². The molecule has 0 aromatic rings. The molecule has 0 bridgehead atoms. The van der Waals surface area contributed by atoms with Gasteiger partial charge in [0.05, 0.1) is 23.5 Å². The summed E-state index contributed by atoms with van der Waals surface area (Å²) >= 11 is 0. The molecular weight excluding hydrogens is 593 g/mol. The molecule has 0 saturated heterocycles. The number of hydrogen-bond acceptors (Lipinski definition) is 15. The van der Waals surface area contributed by atoms with E-state index in [-0.39, 0.29) is 18.1 Å². The van der Waals surface area contributed by atoms with E-state index in [0.717, 1.165) is 0 Å². The van der Waals surface area contributed by atoms with Crippen LogP contribution in [0.4, 0.5) is 4.39 Å². The molecule has 3 saturated carbocycles. The number of esters is 1. The average Bonchev–Trinajstić information content (AvgIpc) is 3.29. The van der Waals surface area contributed by atoms with Gasteiger partial charge >= 0.3 is 5.97 Å². The molecule has 7 N–H and O–H groups in total. The van der Waals surface area contributed by atoms with E-state index in [9.17, 15) is 29.4 Å². The van der Waals surface area contributed by atoms with Crippen LogP contribution in [0.5, 0.6) is 0 Å². The first-order valence-electron chi connectivity index (χ1n) is 14.2. The molecule has 17 heteroatoms. The molecule has 4 aliphatic carbocycles. The highest BCUT2D eigenvalue weighted by atomic mass is 19.1. The first-order chi connectivity index (χ1) is 20.6. The number of hydrogen-bond donors (Lipinski definition) is 7. The second kappa shape index (κ2) is 13.0. The number of nitrogens with one attached hydrogen (secondary N) is 1. The lowest BCUT2D eigenvalue weighted by atomic mass is 9.45. The van der Waals surface area contributed by atoms with Gasteiger partial charge in [0, 0.05) is 17.3 Å². The van der Waals surface area contributed by atoms with Crippen LogP contribution in [0.15, 0.2) is 23.8 Å². The van der Waals surface area contributed by atoms with E-state index in [1.807, 2.05) is 12.2 Å². The molecule has 9 atom stereocenters. The number of ketones is 2. The van der Waals surface area contributed by atoms with E-state index >= 15 is 4.39 Å². The number of carbonyl (C=O) groups is 4. The molecule has 1 amide bonds. The lowest BCUT2D eigenvalue weighted by Gasteiger charge is -2.62. The van der Waals surface area contributed by atoms with Crippen LogP contribution in [0, 0.1) is 28.6 Å². The Labute approximate surface area is 251 Å². The van der Waals surface area contributed by atoms with Crippen molar-refractivity contribution in [3.05, 3.63) is 23.8 Å². The second-order valence-corrected chi connectivity index (χ2v) is 12.2. The van der Waals surface area contributed by atoms with E-state index in [1.54, 1.807) is 13.0 Å². The van der Waals surface area contributed by atoms with E-state index < -0.39 is 94.8 Å². The standard InChI is InChI=1S/C27H38FN3O13/c1-25-10-22(35)27(28)17(4-3-14-9-15(33)7-8-26(14,27)2)16(25)5-6-18(25)20(34)12-42-24(37)19(11-32)29-23(36)21(44-31(40)41)13-43-30(38)39/h7-9,16-19,21-22,32,35,38-41H,3-6,10-13H2,1-2H3,(H,29,36)/t16?,17-,18?,19?,21?,22-,25-,26-,27?/m0/s1. The Morgan fingerprint density at radius 1 is 1.11 bits per heavy atom. The van der Waals surface area contributed by atoms with Crippen molar-refractivity contribution in [1.82, 2.24) is 16.1 Å². The minimum absolute atomic E-state index is 0.0235. The Bertz CT molecular complexity index is 1210. The Morgan fingerprint density at radius 3 is 2.45 bits per heavy atom. The third-order valence-electron chi connectivity index (χ3n) is 10.0. The zero-order chi connectivity index (χ0) is 32.6. The van der Waals surface area contributed by atoms with Crippen molar-refractivity contribution >= 4 is 23.4 Å². The summed E-state index contributed by atoms with van der Waals surface area (Å²) in [6, 6.07) is -1.73. The van der Waals surface area contributed by atoms with Gasteiger partial charge in [0.2, 0.25) is 0 Å². The Kier molecular flexibility index (Phi) is 10.1. The van der Waals surface area contributed by atoms with Crippen molar-refractivity contribution < 1.29 is 69.0 Å². The van der Waals surface area contributed by atoms with Gasteiger partial charge in [-0.2, -0.15) is 0 Å². The van der Waals surface area contributed by atoms with Gasteiger partial charge in [0.15, 0.2) is 29.4 Å². The number of halogens is 1. The molecule has 0 radical (unpaired) electrons. The monoisotopic (exact) mass is 631 g/mol. The molecule has 0 aliphatic heterocycles. The number of alkyl halides is 1. The third kappa shape index (κ3) is 6.09. The largest absolute Gasteiger partial charge is 0.456 e. The molecule has 5 unspecified atom stereocenters. The fraction of sp³-hybridized carbons (Fsp3) is 0.704. The normalized spacial score (nSPS) is 35.8. The SMILES string of the molecule is C[C@]12C[C@H](O)C3(F)[C@@H](CCC4=CC(=O)C=C[C@@]43C)C1CCC2C(=O)COC(=O)C(CO)NC(=O)C(CON(O)O)ON(O)O. The third-order valence-corrected chi connectivity index (χ3v) is 10.0.